The van der Waals surface area contributed by atoms with Crippen molar-refractivity contribution in [2.45, 2.75) is 44.6 Å². The Hall–Kier alpha value is -1.95. The van der Waals surface area contributed by atoms with Gasteiger partial charge in [0.2, 0.25) is 5.91 Å². The lowest BCUT2D eigenvalue weighted by molar-refractivity contribution is -0.134. The van der Waals surface area contributed by atoms with E-state index in [1.54, 1.807) is 24.0 Å². The van der Waals surface area contributed by atoms with Crippen LogP contribution in [0.4, 0.5) is 4.39 Å². The molecular formula is C19H26FN3O2. The number of carbonyl (C=O) groups is 2. The molecule has 3 rings (SSSR count). The summed E-state index contributed by atoms with van der Waals surface area (Å²) >= 11 is 0. The molecule has 0 radical (unpaired) electrons. The molecule has 1 saturated carbocycles. The third-order valence-electron chi connectivity index (χ3n) is 5.73. The van der Waals surface area contributed by atoms with Crippen LogP contribution in [0.5, 0.6) is 0 Å². The van der Waals surface area contributed by atoms with Crippen molar-refractivity contribution in [1.82, 2.24) is 9.80 Å². The number of primary amides is 1. The average molecular weight is 347 g/mol. The van der Waals surface area contributed by atoms with Crippen LogP contribution in [0.15, 0.2) is 18.2 Å². The van der Waals surface area contributed by atoms with Gasteiger partial charge in [-0.05, 0) is 37.5 Å². The Morgan fingerprint density at radius 3 is 2.28 bits per heavy atom. The van der Waals surface area contributed by atoms with Gasteiger partial charge in [0.15, 0.2) is 0 Å². The van der Waals surface area contributed by atoms with Gasteiger partial charge in [-0.3, -0.25) is 14.5 Å². The molecule has 0 spiro atoms. The molecule has 0 atom stereocenters. The zero-order valence-corrected chi connectivity index (χ0v) is 14.8. The lowest BCUT2D eigenvalue weighted by atomic mass is 9.79. The fourth-order valence-electron chi connectivity index (χ4n) is 4.10. The van der Waals surface area contributed by atoms with E-state index in [-0.39, 0.29) is 17.6 Å². The van der Waals surface area contributed by atoms with Crippen molar-refractivity contribution in [3.8, 4) is 0 Å². The molecule has 0 bridgehead atoms. The standard InChI is InChI=1S/C19H26FN3O2/c1-14-5-6-15(13-16(14)20)17(24)22-9-11-23(12-10-22)19(18(21)25)7-3-2-4-8-19/h5-6,13H,2-4,7-12H2,1H3,(H2,21,25). The van der Waals surface area contributed by atoms with Gasteiger partial charge in [0.05, 0.1) is 0 Å². The molecule has 1 heterocycles. The fourth-order valence-corrected chi connectivity index (χ4v) is 4.10. The second-order valence-corrected chi connectivity index (χ2v) is 7.20. The Morgan fingerprint density at radius 2 is 1.72 bits per heavy atom. The lowest BCUT2D eigenvalue weighted by Crippen LogP contribution is -2.63. The van der Waals surface area contributed by atoms with Gasteiger partial charge in [0.25, 0.3) is 5.91 Å². The van der Waals surface area contributed by atoms with Crippen LogP contribution in [0.25, 0.3) is 0 Å². The van der Waals surface area contributed by atoms with Gasteiger partial charge in [-0.15, -0.1) is 0 Å². The maximum atomic E-state index is 13.7. The predicted molar refractivity (Wildman–Crippen MR) is 93.6 cm³/mol. The zero-order valence-electron chi connectivity index (χ0n) is 14.8. The summed E-state index contributed by atoms with van der Waals surface area (Å²) < 4.78 is 13.7. The molecule has 1 aromatic carbocycles. The maximum Gasteiger partial charge on any atom is 0.254 e. The van der Waals surface area contributed by atoms with E-state index in [2.05, 4.69) is 4.90 Å². The van der Waals surface area contributed by atoms with E-state index in [0.717, 1.165) is 32.1 Å². The first-order valence-electron chi connectivity index (χ1n) is 9.04. The Balaban J connectivity index is 1.67. The third kappa shape index (κ3) is 3.40. The van der Waals surface area contributed by atoms with Crippen LogP contribution in [0.2, 0.25) is 0 Å². The van der Waals surface area contributed by atoms with Crippen molar-refractivity contribution in [2.75, 3.05) is 26.2 Å². The highest BCUT2D eigenvalue weighted by Gasteiger charge is 2.44. The molecular weight excluding hydrogens is 321 g/mol. The number of piperazine rings is 1. The molecule has 5 nitrogen and oxygen atoms in total. The largest absolute Gasteiger partial charge is 0.368 e. The molecule has 2 fully saturated rings. The summed E-state index contributed by atoms with van der Waals surface area (Å²) in [6, 6.07) is 4.60. The van der Waals surface area contributed by atoms with Crippen LogP contribution in [-0.4, -0.2) is 53.3 Å². The van der Waals surface area contributed by atoms with Gasteiger partial charge in [-0.2, -0.15) is 0 Å². The van der Waals surface area contributed by atoms with Gasteiger partial charge in [-0.25, -0.2) is 4.39 Å². The number of aryl methyl sites for hydroxylation is 1. The lowest BCUT2D eigenvalue weighted by Gasteiger charge is -2.47. The Labute approximate surface area is 148 Å². The first kappa shape index (κ1) is 17.9. The van der Waals surface area contributed by atoms with Crippen molar-refractivity contribution in [1.29, 1.82) is 0 Å². The highest BCUT2D eigenvalue weighted by atomic mass is 19.1. The van der Waals surface area contributed by atoms with Gasteiger partial charge in [-0.1, -0.05) is 25.3 Å². The smallest absolute Gasteiger partial charge is 0.254 e. The number of hydrogen-bond acceptors (Lipinski definition) is 3. The van der Waals surface area contributed by atoms with E-state index in [1.165, 1.54) is 6.07 Å². The first-order valence-corrected chi connectivity index (χ1v) is 9.04. The SMILES string of the molecule is Cc1ccc(C(=O)N2CCN(C3(C(N)=O)CCCCC3)CC2)cc1F. The predicted octanol–water partition coefficient (Wildman–Crippen LogP) is 2.08. The zero-order chi connectivity index (χ0) is 18.0. The molecule has 1 aliphatic heterocycles. The highest BCUT2D eigenvalue weighted by Crippen LogP contribution is 2.34. The van der Waals surface area contributed by atoms with E-state index >= 15 is 0 Å². The molecule has 1 aliphatic carbocycles. The minimum Gasteiger partial charge on any atom is -0.368 e. The van der Waals surface area contributed by atoms with Crippen LogP contribution >= 0.6 is 0 Å². The minimum atomic E-state index is -0.552. The monoisotopic (exact) mass is 347 g/mol. The number of amides is 2. The minimum absolute atomic E-state index is 0.157. The summed E-state index contributed by atoms with van der Waals surface area (Å²) in [4.78, 5) is 28.6. The molecule has 2 N–H and O–H groups in total. The van der Waals surface area contributed by atoms with Crippen molar-refractivity contribution in [3.63, 3.8) is 0 Å². The second kappa shape index (κ2) is 7.12. The molecule has 136 valence electrons. The molecule has 0 aromatic heterocycles. The number of nitrogens with zero attached hydrogens (tertiary/aromatic N) is 2. The van der Waals surface area contributed by atoms with Crippen molar-refractivity contribution in [2.24, 2.45) is 5.73 Å². The molecule has 6 heteroatoms. The molecule has 1 saturated heterocycles. The van der Waals surface area contributed by atoms with Gasteiger partial charge >= 0.3 is 0 Å². The Morgan fingerprint density at radius 1 is 1.08 bits per heavy atom. The summed E-state index contributed by atoms with van der Waals surface area (Å²) in [5, 5.41) is 0. The normalized spacial score (nSPS) is 21.1. The summed E-state index contributed by atoms with van der Waals surface area (Å²) in [7, 11) is 0. The first-order chi connectivity index (χ1) is 11.9. The number of hydrogen-bond donors (Lipinski definition) is 1. The van der Waals surface area contributed by atoms with E-state index < -0.39 is 5.54 Å². The topological polar surface area (TPSA) is 66.6 Å². The van der Waals surface area contributed by atoms with E-state index in [4.69, 9.17) is 5.73 Å². The molecule has 25 heavy (non-hydrogen) atoms. The van der Waals surface area contributed by atoms with Crippen LogP contribution < -0.4 is 5.73 Å². The van der Waals surface area contributed by atoms with E-state index in [9.17, 15) is 14.0 Å². The van der Waals surface area contributed by atoms with Crippen molar-refractivity contribution in [3.05, 3.63) is 35.1 Å². The second-order valence-electron chi connectivity index (χ2n) is 7.20. The number of halogens is 1. The number of rotatable bonds is 3. The summed E-state index contributed by atoms with van der Waals surface area (Å²) in [5.41, 5.74) is 6.10. The summed E-state index contributed by atoms with van der Waals surface area (Å²) in [5.74, 6) is -0.762. The Bertz CT molecular complexity index is 663. The third-order valence-corrected chi connectivity index (χ3v) is 5.73. The molecule has 2 aliphatic rings. The van der Waals surface area contributed by atoms with E-state index in [0.29, 0.717) is 37.3 Å². The van der Waals surface area contributed by atoms with Crippen LogP contribution in [0.3, 0.4) is 0 Å². The van der Waals surface area contributed by atoms with Crippen molar-refractivity contribution >= 4 is 11.8 Å². The van der Waals surface area contributed by atoms with Crippen molar-refractivity contribution < 1.29 is 14.0 Å². The quantitative estimate of drug-likeness (QED) is 0.910. The van der Waals surface area contributed by atoms with Crippen LogP contribution in [0, 0.1) is 12.7 Å². The number of benzene rings is 1. The molecule has 0 unspecified atom stereocenters. The van der Waals surface area contributed by atoms with Gasteiger partial charge in [0, 0.05) is 31.7 Å². The van der Waals surface area contributed by atoms with Gasteiger partial charge in [0.1, 0.15) is 11.4 Å². The van der Waals surface area contributed by atoms with Gasteiger partial charge < -0.3 is 10.6 Å². The summed E-state index contributed by atoms with van der Waals surface area (Å²) in [6.45, 7) is 3.99. The highest BCUT2D eigenvalue weighted by molar-refractivity contribution is 5.94. The maximum absolute atomic E-state index is 13.7. The van der Waals surface area contributed by atoms with E-state index in [1.807, 2.05) is 0 Å². The van der Waals surface area contributed by atoms with Crippen LogP contribution in [0.1, 0.15) is 48.0 Å². The fraction of sp³-hybridized carbons (Fsp3) is 0.579. The summed E-state index contributed by atoms with van der Waals surface area (Å²) in [6.07, 6.45) is 4.79. The average Bonchev–Trinajstić information content (AvgIpc) is 2.64. The molecule has 2 amide bonds. The number of carbonyl (C=O) groups excluding carboxylic acids is 2. The van der Waals surface area contributed by atoms with Crippen LogP contribution in [-0.2, 0) is 4.79 Å². The Kier molecular flexibility index (Phi) is 5.08. The number of nitrogens with two attached hydrogens (primary N) is 1. The molecule has 1 aromatic rings.